The Morgan fingerprint density at radius 1 is 1.30 bits per heavy atom. The third-order valence-corrected chi connectivity index (χ3v) is 6.22. The summed E-state index contributed by atoms with van der Waals surface area (Å²) >= 11 is 2.86. The molecule has 0 aliphatic carbocycles. The van der Waals surface area contributed by atoms with Crippen LogP contribution in [0.25, 0.3) is 6.08 Å². The molecule has 0 saturated carbocycles. The molecule has 0 bridgehead atoms. The van der Waals surface area contributed by atoms with Crippen LogP contribution in [0, 0.1) is 0 Å². The monoisotopic (exact) mass is 350 g/mol. The molecule has 120 valence electrons. The van der Waals surface area contributed by atoms with Crippen LogP contribution in [0.15, 0.2) is 34.1 Å². The Bertz CT molecular complexity index is 723. The van der Waals surface area contributed by atoms with Crippen molar-refractivity contribution in [3.63, 3.8) is 0 Å². The summed E-state index contributed by atoms with van der Waals surface area (Å²) in [6.07, 6.45) is 2.87. The van der Waals surface area contributed by atoms with Crippen molar-refractivity contribution in [3.05, 3.63) is 39.6 Å². The number of carboxylic acids is 1. The SMILES string of the molecule is CC1CS/C(=C(\C(=O)O)C(=O)/C=C/c2ccc3c(c2)OCO3)S1. The highest BCUT2D eigenvalue weighted by Gasteiger charge is 2.27. The van der Waals surface area contributed by atoms with Gasteiger partial charge in [0.25, 0.3) is 0 Å². The second kappa shape index (κ2) is 6.72. The molecule has 2 aliphatic rings. The Morgan fingerprint density at radius 3 is 2.78 bits per heavy atom. The van der Waals surface area contributed by atoms with Gasteiger partial charge in [0.05, 0.1) is 4.24 Å². The molecule has 0 radical (unpaired) electrons. The van der Waals surface area contributed by atoms with Crippen molar-refractivity contribution in [1.29, 1.82) is 0 Å². The number of thioether (sulfide) groups is 2. The second-order valence-electron chi connectivity index (χ2n) is 5.02. The van der Waals surface area contributed by atoms with Gasteiger partial charge in [-0.05, 0) is 23.8 Å². The van der Waals surface area contributed by atoms with E-state index in [4.69, 9.17) is 9.47 Å². The van der Waals surface area contributed by atoms with Crippen molar-refractivity contribution < 1.29 is 24.2 Å². The molecule has 1 atom stereocenters. The molecule has 1 aromatic rings. The van der Waals surface area contributed by atoms with Gasteiger partial charge in [0.15, 0.2) is 17.3 Å². The molecule has 5 nitrogen and oxygen atoms in total. The van der Waals surface area contributed by atoms with Gasteiger partial charge in [-0.25, -0.2) is 4.79 Å². The van der Waals surface area contributed by atoms with Crippen LogP contribution in [-0.4, -0.2) is 34.7 Å². The zero-order valence-electron chi connectivity index (χ0n) is 12.3. The summed E-state index contributed by atoms with van der Waals surface area (Å²) in [6.45, 7) is 2.19. The first-order valence-electron chi connectivity index (χ1n) is 6.93. The van der Waals surface area contributed by atoms with Crippen molar-refractivity contribution in [2.75, 3.05) is 12.5 Å². The highest BCUT2D eigenvalue weighted by molar-refractivity contribution is 8.25. The average molecular weight is 350 g/mol. The number of carbonyl (C=O) groups excluding carboxylic acids is 1. The number of hydrogen-bond acceptors (Lipinski definition) is 6. The normalized spacial score (nSPS) is 21.7. The van der Waals surface area contributed by atoms with Crippen LogP contribution in [0.5, 0.6) is 11.5 Å². The summed E-state index contributed by atoms with van der Waals surface area (Å²) in [5.41, 5.74) is 0.596. The predicted octanol–water partition coefficient (Wildman–Crippen LogP) is 3.16. The van der Waals surface area contributed by atoms with Crippen molar-refractivity contribution in [1.82, 2.24) is 0 Å². The fourth-order valence-electron chi connectivity index (χ4n) is 2.14. The molecule has 1 N–H and O–H groups in total. The number of fused-ring (bicyclic) bond motifs is 1. The van der Waals surface area contributed by atoms with Gasteiger partial charge >= 0.3 is 5.97 Å². The molecule has 7 heteroatoms. The topological polar surface area (TPSA) is 72.8 Å². The van der Waals surface area contributed by atoms with E-state index in [1.165, 1.54) is 29.6 Å². The fourth-order valence-corrected chi connectivity index (χ4v) is 4.98. The van der Waals surface area contributed by atoms with Gasteiger partial charge in [0.2, 0.25) is 6.79 Å². The molecule has 0 amide bonds. The van der Waals surface area contributed by atoms with Crippen LogP contribution in [0.3, 0.4) is 0 Å². The van der Waals surface area contributed by atoms with Gasteiger partial charge in [-0.1, -0.05) is 19.1 Å². The van der Waals surface area contributed by atoms with Crippen LogP contribution in [-0.2, 0) is 9.59 Å². The van der Waals surface area contributed by atoms with Crippen molar-refractivity contribution >= 4 is 41.4 Å². The Labute approximate surface area is 141 Å². The zero-order valence-corrected chi connectivity index (χ0v) is 13.9. The van der Waals surface area contributed by atoms with Crippen LogP contribution in [0.1, 0.15) is 12.5 Å². The summed E-state index contributed by atoms with van der Waals surface area (Å²) in [4.78, 5) is 23.7. The van der Waals surface area contributed by atoms with E-state index in [1.54, 1.807) is 24.3 Å². The third kappa shape index (κ3) is 3.56. The number of ketones is 1. The van der Waals surface area contributed by atoms with Crippen molar-refractivity contribution in [2.45, 2.75) is 12.2 Å². The average Bonchev–Trinajstić information content (AvgIpc) is 3.13. The fraction of sp³-hybridized carbons (Fsp3) is 0.250. The van der Waals surface area contributed by atoms with E-state index < -0.39 is 11.8 Å². The van der Waals surface area contributed by atoms with E-state index in [2.05, 4.69) is 0 Å². The minimum atomic E-state index is -1.19. The van der Waals surface area contributed by atoms with E-state index >= 15 is 0 Å². The van der Waals surface area contributed by atoms with Gasteiger partial charge in [0, 0.05) is 11.0 Å². The minimum Gasteiger partial charge on any atom is -0.477 e. The summed E-state index contributed by atoms with van der Waals surface area (Å²) < 4.78 is 11.1. The lowest BCUT2D eigenvalue weighted by molar-refractivity contribution is -0.134. The smallest absolute Gasteiger partial charge is 0.341 e. The first-order valence-corrected chi connectivity index (χ1v) is 8.80. The van der Waals surface area contributed by atoms with E-state index in [0.717, 1.165) is 11.3 Å². The largest absolute Gasteiger partial charge is 0.477 e. The standard InChI is InChI=1S/C16H14O5S2/c1-9-7-22-16(23-9)14(15(18)19)11(17)4-2-10-3-5-12-13(6-10)21-8-20-12/h2-6,9H,7-8H2,1H3,(H,18,19)/b4-2+,16-14+. The lowest BCUT2D eigenvalue weighted by Crippen LogP contribution is -2.11. The lowest BCUT2D eigenvalue weighted by atomic mass is 10.1. The van der Waals surface area contributed by atoms with Crippen LogP contribution in [0.4, 0.5) is 0 Å². The highest BCUT2D eigenvalue weighted by Crippen LogP contribution is 2.43. The predicted molar refractivity (Wildman–Crippen MR) is 90.8 cm³/mol. The quantitative estimate of drug-likeness (QED) is 0.508. The van der Waals surface area contributed by atoms with E-state index in [-0.39, 0.29) is 12.4 Å². The molecule has 0 aromatic heterocycles. The van der Waals surface area contributed by atoms with Crippen molar-refractivity contribution in [3.8, 4) is 11.5 Å². The van der Waals surface area contributed by atoms with Gasteiger partial charge in [-0.3, -0.25) is 4.79 Å². The number of carboxylic acid groups (broad SMARTS) is 1. The van der Waals surface area contributed by atoms with Gasteiger partial charge in [0.1, 0.15) is 5.57 Å². The number of aliphatic carboxylic acids is 1. The molecule has 0 spiro atoms. The second-order valence-corrected chi connectivity index (χ2v) is 7.75. The first kappa shape index (κ1) is 16.0. The summed E-state index contributed by atoms with van der Waals surface area (Å²) in [7, 11) is 0. The van der Waals surface area contributed by atoms with Crippen LogP contribution in [0.2, 0.25) is 0 Å². The number of hydrogen-bond donors (Lipinski definition) is 1. The van der Waals surface area contributed by atoms with Gasteiger partial charge in [-0.15, -0.1) is 23.5 Å². The lowest BCUT2D eigenvalue weighted by Gasteiger charge is -2.02. The van der Waals surface area contributed by atoms with E-state index in [0.29, 0.717) is 21.0 Å². The zero-order chi connectivity index (χ0) is 16.4. The Morgan fingerprint density at radius 2 is 2.09 bits per heavy atom. The maximum atomic E-state index is 12.3. The summed E-state index contributed by atoms with van der Waals surface area (Å²) in [5, 5.41) is 9.65. The summed E-state index contributed by atoms with van der Waals surface area (Å²) in [6, 6.07) is 5.29. The molecule has 3 rings (SSSR count). The Hall–Kier alpha value is -1.86. The molecule has 2 aliphatic heterocycles. The molecular weight excluding hydrogens is 336 g/mol. The molecule has 2 heterocycles. The van der Waals surface area contributed by atoms with Crippen LogP contribution < -0.4 is 9.47 Å². The van der Waals surface area contributed by atoms with E-state index in [1.807, 2.05) is 6.92 Å². The maximum Gasteiger partial charge on any atom is 0.341 e. The number of benzene rings is 1. The van der Waals surface area contributed by atoms with Gasteiger partial charge < -0.3 is 14.6 Å². The molecular formula is C16H14O5S2. The number of carbonyl (C=O) groups is 2. The van der Waals surface area contributed by atoms with Crippen molar-refractivity contribution in [2.24, 2.45) is 0 Å². The van der Waals surface area contributed by atoms with E-state index in [9.17, 15) is 14.7 Å². The highest BCUT2D eigenvalue weighted by atomic mass is 32.2. The molecule has 1 fully saturated rings. The molecule has 1 aromatic carbocycles. The molecule has 23 heavy (non-hydrogen) atoms. The van der Waals surface area contributed by atoms with Crippen LogP contribution >= 0.6 is 23.5 Å². The molecule has 1 saturated heterocycles. The Balaban J connectivity index is 1.80. The van der Waals surface area contributed by atoms with Gasteiger partial charge in [-0.2, -0.15) is 0 Å². The first-order chi connectivity index (χ1) is 11.0. The number of rotatable bonds is 4. The number of ether oxygens (including phenoxy) is 2. The number of allylic oxidation sites excluding steroid dienone is 1. The third-order valence-electron chi connectivity index (χ3n) is 3.25. The molecule has 1 unspecified atom stereocenters. The minimum absolute atomic E-state index is 0.152. The summed E-state index contributed by atoms with van der Waals surface area (Å²) in [5.74, 6) is 0.408. The Kier molecular flexibility index (Phi) is 4.68. The maximum absolute atomic E-state index is 12.3.